The maximum atomic E-state index is 11.4. The molecule has 0 aromatic heterocycles. The Morgan fingerprint density at radius 2 is 1.78 bits per heavy atom. The Bertz CT molecular complexity index is 279. The minimum atomic E-state index is -1.07. The van der Waals surface area contributed by atoms with Gasteiger partial charge in [-0.1, -0.05) is 0 Å². The Morgan fingerprint density at radius 3 is 2.28 bits per heavy atom. The summed E-state index contributed by atoms with van der Waals surface area (Å²) in [5.74, 6) is -1.47. The lowest BCUT2D eigenvalue weighted by Crippen LogP contribution is -2.35. The lowest BCUT2D eigenvalue weighted by molar-refractivity contribution is -0.145. The van der Waals surface area contributed by atoms with Gasteiger partial charge in [0.15, 0.2) is 0 Å². The molecular weight excluding hydrogens is 283 g/mol. The summed E-state index contributed by atoms with van der Waals surface area (Å²) < 4.78 is 4.83. The molecule has 8 heteroatoms. The summed E-state index contributed by atoms with van der Waals surface area (Å²) in [5.41, 5.74) is 10.9. The SMILES string of the molecule is NC(CCC[C@H](N)C(=O)O)C(=O)OCC(Cl)CCl. The van der Waals surface area contributed by atoms with Crippen LogP contribution in [0.15, 0.2) is 0 Å². The number of carbonyl (C=O) groups excluding carboxylic acids is 1. The first-order valence-electron chi connectivity index (χ1n) is 5.49. The molecule has 0 saturated carbocycles. The van der Waals surface area contributed by atoms with Gasteiger partial charge >= 0.3 is 11.9 Å². The van der Waals surface area contributed by atoms with Crippen molar-refractivity contribution in [2.24, 2.45) is 11.5 Å². The van der Waals surface area contributed by atoms with E-state index >= 15 is 0 Å². The highest BCUT2D eigenvalue weighted by Crippen LogP contribution is 2.05. The molecule has 0 radical (unpaired) electrons. The van der Waals surface area contributed by atoms with Gasteiger partial charge in [-0.25, -0.2) is 0 Å². The van der Waals surface area contributed by atoms with Crippen molar-refractivity contribution >= 4 is 35.1 Å². The Labute approximate surface area is 116 Å². The number of aliphatic carboxylic acids is 1. The third-order valence-corrected chi connectivity index (χ3v) is 3.03. The smallest absolute Gasteiger partial charge is 0.322 e. The van der Waals surface area contributed by atoms with Gasteiger partial charge in [0.2, 0.25) is 0 Å². The van der Waals surface area contributed by atoms with Gasteiger partial charge in [0, 0.05) is 5.88 Å². The normalized spacial score (nSPS) is 15.8. The number of ether oxygens (including phenoxy) is 1. The van der Waals surface area contributed by atoms with E-state index in [9.17, 15) is 9.59 Å². The summed E-state index contributed by atoms with van der Waals surface area (Å²) in [6.07, 6.45) is 1.01. The van der Waals surface area contributed by atoms with E-state index in [1.54, 1.807) is 0 Å². The van der Waals surface area contributed by atoms with Gasteiger partial charge in [0.05, 0.1) is 5.38 Å². The fraction of sp³-hybridized carbons (Fsp3) is 0.800. The Kier molecular flexibility index (Phi) is 9.09. The molecule has 0 aromatic carbocycles. The Balaban J connectivity index is 3.77. The van der Waals surface area contributed by atoms with Gasteiger partial charge in [-0.2, -0.15) is 0 Å². The molecule has 0 amide bonds. The lowest BCUT2D eigenvalue weighted by Gasteiger charge is -2.13. The standard InChI is InChI=1S/C10H18Cl2N2O4/c11-4-6(12)5-18-10(17)8(14)3-1-2-7(13)9(15)16/h6-8H,1-5,13-14H2,(H,15,16)/t6?,7-,8?/m0/s1. The van der Waals surface area contributed by atoms with Crippen molar-refractivity contribution in [3.05, 3.63) is 0 Å². The topological polar surface area (TPSA) is 116 Å². The van der Waals surface area contributed by atoms with E-state index in [-0.39, 0.29) is 18.9 Å². The third kappa shape index (κ3) is 7.71. The second kappa shape index (κ2) is 9.38. The number of rotatable bonds is 9. The van der Waals surface area contributed by atoms with Gasteiger partial charge < -0.3 is 21.3 Å². The molecule has 0 fully saturated rings. The molecule has 106 valence electrons. The van der Waals surface area contributed by atoms with Crippen molar-refractivity contribution in [3.63, 3.8) is 0 Å². The molecule has 0 aromatic rings. The van der Waals surface area contributed by atoms with Gasteiger partial charge in [-0.05, 0) is 19.3 Å². The lowest BCUT2D eigenvalue weighted by atomic mass is 10.1. The first-order valence-corrected chi connectivity index (χ1v) is 6.46. The average molecular weight is 301 g/mol. The average Bonchev–Trinajstić information content (AvgIpc) is 2.34. The molecule has 0 bridgehead atoms. The van der Waals surface area contributed by atoms with Crippen LogP contribution in [0.2, 0.25) is 0 Å². The van der Waals surface area contributed by atoms with Gasteiger partial charge in [0.1, 0.15) is 18.7 Å². The maximum Gasteiger partial charge on any atom is 0.322 e. The predicted molar refractivity (Wildman–Crippen MR) is 68.8 cm³/mol. The molecule has 0 aliphatic rings. The fourth-order valence-corrected chi connectivity index (χ4v) is 1.28. The maximum absolute atomic E-state index is 11.4. The van der Waals surface area contributed by atoms with Crippen LogP contribution >= 0.6 is 23.2 Å². The van der Waals surface area contributed by atoms with Crippen molar-refractivity contribution in [1.82, 2.24) is 0 Å². The highest BCUT2D eigenvalue weighted by Gasteiger charge is 2.18. The zero-order valence-electron chi connectivity index (χ0n) is 9.85. The fourth-order valence-electron chi connectivity index (χ4n) is 1.12. The predicted octanol–water partition coefficient (Wildman–Crippen LogP) is 0.285. The quantitative estimate of drug-likeness (QED) is 0.416. The molecule has 0 saturated heterocycles. The van der Waals surface area contributed by atoms with Crippen LogP contribution < -0.4 is 11.5 Å². The molecule has 0 aliphatic heterocycles. The second-order valence-corrected chi connectivity index (χ2v) is 4.79. The number of halogens is 2. The Hall–Kier alpha value is -0.560. The van der Waals surface area contributed by atoms with Crippen LogP contribution in [-0.4, -0.2) is 47.0 Å². The van der Waals surface area contributed by atoms with Crippen LogP contribution in [0.25, 0.3) is 0 Å². The summed E-state index contributed by atoms with van der Waals surface area (Å²) >= 11 is 11.1. The number of nitrogens with two attached hydrogens (primary N) is 2. The molecule has 5 N–H and O–H groups in total. The largest absolute Gasteiger partial charge is 0.480 e. The summed E-state index contributed by atoms with van der Waals surface area (Å²) in [4.78, 5) is 21.8. The second-order valence-electron chi connectivity index (χ2n) is 3.86. The molecule has 3 atom stereocenters. The number of alkyl halides is 2. The number of hydrogen-bond acceptors (Lipinski definition) is 5. The van der Waals surface area contributed by atoms with Crippen molar-refractivity contribution in [3.8, 4) is 0 Å². The highest BCUT2D eigenvalue weighted by molar-refractivity contribution is 6.28. The number of esters is 1. The van der Waals surface area contributed by atoms with E-state index in [1.807, 2.05) is 0 Å². The first-order chi connectivity index (χ1) is 8.38. The summed E-state index contributed by atoms with van der Waals surface area (Å²) in [6.45, 7) is 0.00618. The van der Waals surface area contributed by atoms with E-state index in [2.05, 4.69) is 0 Å². The number of carboxylic acid groups (broad SMARTS) is 1. The molecule has 18 heavy (non-hydrogen) atoms. The molecule has 0 heterocycles. The van der Waals surface area contributed by atoms with Crippen LogP contribution in [0.4, 0.5) is 0 Å². The Morgan fingerprint density at radius 1 is 1.22 bits per heavy atom. The van der Waals surface area contributed by atoms with E-state index in [4.69, 9.17) is 44.5 Å². The molecule has 0 rings (SSSR count). The van der Waals surface area contributed by atoms with E-state index in [1.165, 1.54) is 0 Å². The van der Waals surface area contributed by atoms with Crippen molar-refractivity contribution < 1.29 is 19.4 Å². The van der Waals surface area contributed by atoms with Crippen LogP contribution in [0.1, 0.15) is 19.3 Å². The molecule has 0 aliphatic carbocycles. The first kappa shape index (κ1) is 17.4. The van der Waals surface area contributed by atoms with Crippen LogP contribution in [0.5, 0.6) is 0 Å². The van der Waals surface area contributed by atoms with E-state index in [0.717, 1.165) is 0 Å². The van der Waals surface area contributed by atoms with Crippen molar-refractivity contribution in [2.45, 2.75) is 36.7 Å². The van der Waals surface area contributed by atoms with Gasteiger partial charge in [-0.15, -0.1) is 23.2 Å². The third-order valence-electron chi connectivity index (χ3n) is 2.22. The summed E-state index contributed by atoms with van der Waals surface area (Å²) in [7, 11) is 0. The molecule has 0 spiro atoms. The number of carboxylic acids is 1. The van der Waals surface area contributed by atoms with E-state index in [0.29, 0.717) is 12.8 Å². The molecular formula is C10H18Cl2N2O4. The minimum absolute atomic E-state index is 0.00618. The van der Waals surface area contributed by atoms with Crippen molar-refractivity contribution in [2.75, 3.05) is 12.5 Å². The minimum Gasteiger partial charge on any atom is -0.480 e. The molecule has 6 nitrogen and oxygen atoms in total. The zero-order chi connectivity index (χ0) is 14.1. The summed E-state index contributed by atoms with van der Waals surface area (Å²) in [5, 5.41) is 8.11. The van der Waals surface area contributed by atoms with Gasteiger partial charge in [-0.3, -0.25) is 9.59 Å². The van der Waals surface area contributed by atoms with E-state index < -0.39 is 29.4 Å². The van der Waals surface area contributed by atoms with Crippen LogP contribution in [0, 0.1) is 0 Å². The summed E-state index contributed by atoms with van der Waals surface area (Å²) in [6, 6.07) is -1.73. The monoisotopic (exact) mass is 300 g/mol. The zero-order valence-corrected chi connectivity index (χ0v) is 11.4. The molecule has 2 unspecified atom stereocenters. The number of carbonyl (C=O) groups is 2. The highest BCUT2D eigenvalue weighted by atomic mass is 35.5. The van der Waals surface area contributed by atoms with Crippen molar-refractivity contribution in [1.29, 1.82) is 0 Å². The van der Waals surface area contributed by atoms with Crippen LogP contribution in [-0.2, 0) is 14.3 Å². The van der Waals surface area contributed by atoms with Crippen LogP contribution in [0.3, 0.4) is 0 Å². The van der Waals surface area contributed by atoms with Gasteiger partial charge in [0.25, 0.3) is 0 Å². The number of hydrogen-bond donors (Lipinski definition) is 3.